The lowest BCUT2D eigenvalue weighted by molar-refractivity contribution is -0.137. The van der Waals surface area contributed by atoms with E-state index in [0.717, 1.165) is 16.9 Å². The molecule has 1 aromatic carbocycles. The van der Waals surface area contributed by atoms with Crippen LogP contribution >= 0.6 is 11.8 Å². The Kier molecular flexibility index (Phi) is 6.19. The van der Waals surface area contributed by atoms with Gasteiger partial charge in [-0.2, -0.15) is 17.9 Å². The third kappa shape index (κ3) is 4.61. The summed E-state index contributed by atoms with van der Waals surface area (Å²) in [6.45, 7) is 0.538. The fraction of sp³-hybridized carbons (Fsp3) is 0.333. The molecule has 33 heavy (non-hydrogen) atoms. The number of hydrogen-bond acceptors (Lipinski definition) is 6. The summed E-state index contributed by atoms with van der Waals surface area (Å²) in [6, 6.07) is 6.29. The Hall–Kier alpha value is -3.28. The minimum Gasteiger partial charge on any atom is -0.465 e. The van der Waals surface area contributed by atoms with Crippen molar-refractivity contribution in [2.75, 3.05) is 19.3 Å². The molecule has 0 spiro atoms. The number of thioether (sulfide) groups is 1. The van der Waals surface area contributed by atoms with E-state index in [9.17, 15) is 28.3 Å². The molecular weight excluding hydrogens is 459 g/mol. The smallest absolute Gasteiger partial charge is 0.416 e. The lowest BCUT2D eigenvalue weighted by atomic mass is 9.96. The van der Waals surface area contributed by atoms with Gasteiger partial charge in [0.05, 0.1) is 11.3 Å². The number of likely N-dealkylation sites (tertiary alicyclic amines) is 1. The first-order valence-corrected chi connectivity index (χ1v) is 11.3. The van der Waals surface area contributed by atoms with Gasteiger partial charge in [0.2, 0.25) is 0 Å². The summed E-state index contributed by atoms with van der Waals surface area (Å²) in [5, 5.41) is 20.7. The molecule has 8 nitrogen and oxygen atoms in total. The Morgan fingerprint density at radius 3 is 2.55 bits per heavy atom. The fourth-order valence-electron chi connectivity index (χ4n) is 3.87. The highest BCUT2D eigenvalue weighted by Crippen LogP contribution is 2.38. The van der Waals surface area contributed by atoms with E-state index < -0.39 is 17.8 Å². The lowest BCUT2D eigenvalue weighted by Crippen LogP contribution is -2.37. The van der Waals surface area contributed by atoms with Gasteiger partial charge in [0.1, 0.15) is 17.2 Å². The Morgan fingerprint density at radius 1 is 1.18 bits per heavy atom. The summed E-state index contributed by atoms with van der Waals surface area (Å²) in [4.78, 5) is 25.5. The molecule has 3 heterocycles. The van der Waals surface area contributed by atoms with Crippen molar-refractivity contribution in [3.8, 4) is 22.6 Å². The van der Waals surface area contributed by atoms with Gasteiger partial charge in [0.15, 0.2) is 5.16 Å². The van der Waals surface area contributed by atoms with E-state index in [0.29, 0.717) is 23.7 Å². The van der Waals surface area contributed by atoms with Crippen molar-refractivity contribution in [3.05, 3.63) is 47.9 Å². The first-order chi connectivity index (χ1) is 15.7. The SMILES string of the molecule is CSc1nccc(-c2c(-c3cccc(C(F)(F)F)c3)nc(C3CCN(C(=O)O)CC3)n2O)n1. The lowest BCUT2D eigenvalue weighted by Gasteiger charge is -2.29. The van der Waals surface area contributed by atoms with Gasteiger partial charge >= 0.3 is 12.3 Å². The number of halogens is 3. The molecule has 0 aliphatic carbocycles. The number of hydrogen-bond donors (Lipinski definition) is 2. The fourth-order valence-corrected chi connectivity index (χ4v) is 4.22. The highest BCUT2D eigenvalue weighted by atomic mass is 32.2. The molecule has 174 valence electrons. The average molecular weight is 479 g/mol. The van der Waals surface area contributed by atoms with E-state index in [1.807, 2.05) is 0 Å². The van der Waals surface area contributed by atoms with Crippen LogP contribution < -0.4 is 0 Å². The monoisotopic (exact) mass is 479 g/mol. The van der Waals surface area contributed by atoms with E-state index >= 15 is 0 Å². The second-order valence-electron chi connectivity index (χ2n) is 7.53. The zero-order chi connectivity index (χ0) is 23.8. The molecule has 2 aromatic heterocycles. The number of nitrogens with zero attached hydrogens (tertiary/aromatic N) is 5. The van der Waals surface area contributed by atoms with Crippen LogP contribution in [-0.2, 0) is 6.18 Å². The normalized spacial score (nSPS) is 15.1. The van der Waals surface area contributed by atoms with Crippen molar-refractivity contribution in [3.63, 3.8) is 0 Å². The molecule has 0 saturated carbocycles. The van der Waals surface area contributed by atoms with Crippen molar-refractivity contribution >= 4 is 17.9 Å². The summed E-state index contributed by atoms with van der Waals surface area (Å²) in [5.41, 5.74) is -0.0258. The maximum atomic E-state index is 13.3. The molecule has 1 saturated heterocycles. The molecule has 0 radical (unpaired) electrons. The van der Waals surface area contributed by atoms with Crippen LogP contribution in [0.3, 0.4) is 0 Å². The molecule has 3 aromatic rings. The second kappa shape index (κ2) is 8.93. The topological polar surface area (TPSA) is 104 Å². The number of benzene rings is 1. The molecule has 2 N–H and O–H groups in total. The molecule has 0 bridgehead atoms. The standard InChI is InChI=1S/C21H20F3N5O3S/c1-33-19-25-8-5-15(26-19)17-16(13-3-2-4-14(11-13)21(22,23)24)27-18(29(17)32)12-6-9-28(10-7-12)20(30)31/h2-5,8,11-12,32H,6-7,9-10H2,1H3,(H,30,31). The van der Waals surface area contributed by atoms with Gasteiger partial charge in [-0.25, -0.2) is 19.7 Å². The summed E-state index contributed by atoms with van der Waals surface area (Å²) < 4.78 is 40.9. The molecule has 1 aliphatic rings. The predicted octanol–water partition coefficient (Wildman–Crippen LogP) is 4.84. The number of rotatable bonds is 4. The van der Waals surface area contributed by atoms with Crippen LogP contribution in [-0.4, -0.2) is 60.3 Å². The minimum absolute atomic E-state index is 0.155. The summed E-state index contributed by atoms with van der Waals surface area (Å²) in [6.07, 6.45) is -1.43. The number of aromatic nitrogens is 4. The van der Waals surface area contributed by atoms with Crippen LogP contribution in [0.2, 0.25) is 0 Å². The Labute approximate surface area is 191 Å². The quantitative estimate of drug-likeness (QED) is 0.313. The van der Waals surface area contributed by atoms with Crippen LogP contribution in [0.4, 0.5) is 18.0 Å². The van der Waals surface area contributed by atoms with Crippen molar-refractivity contribution in [2.45, 2.75) is 30.1 Å². The molecule has 0 atom stereocenters. The van der Waals surface area contributed by atoms with Crippen molar-refractivity contribution in [1.82, 2.24) is 24.6 Å². The van der Waals surface area contributed by atoms with E-state index in [1.54, 1.807) is 12.3 Å². The number of piperidine rings is 1. The zero-order valence-electron chi connectivity index (χ0n) is 17.5. The average Bonchev–Trinajstić information content (AvgIpc) is 3.15. The predicted molar refractivity (Wildman–Crippen MR) is 114 cm³/mol. The van der Waals surface area contributed by atoms with Gasteiger partial charge in [-0.1, -0.05) is 23.9 Å². The first-order valence-electron chi connectivity index (χ1n) is 10.0. The zero-order valence-corrected chi connectivity index (χ0v) is 18.3. The van der Waals surface area contributed by atoms with Crippen molar-refractivity contribution in [1.29, 1.82) is 0 Å². The third-order valence-corrected chi connectivity index (χ3v) is 6.09. The van der Waals surface area contributed by atoms with Gasteiger partial charge in [-0.15, -0.1) is 0 Å². The summed E-state index contributed by atoms with van der Waals surface area (Å²) >= 11 is 1.29. The van der Waals surface area contributed by atoms with Crippen LogP contribution in [0.15, 0.2) is 41.7 Å². The molecule has 12 heteroatoms. The highest BCUT2D eigenvalue weighted by Gasteiger charge is 2.33. The number of carbonyl (C=O) groups is 1. The number of imidazole rings is 1. The Balaban J connectivity index is 1.83. The third-order valence-electron chi connectivity index (χ3n) is 5.53. The van der Waals surface area contributed by atoms with Crippen LogP contribution in [0.1, 0.15) is 30.1 Å². The summed E-state index contributed by atoms with van der Waals surface area (Å²) in [7, 11) is 0. The van der Waals surface area contributed by atoms with Crippen LogP contribution in [0.5, 0.6) is 0 Å². The summed E-state index contributed by atoms with van der Waals surface area (Å²) in [5.74, 6) is -0.0162. The van der Waals surface area contributed by atoms with Crippen LogP contribution in [0.25, 0.3) is 22.6 Å². The number of carboxylic acid groups (broad SMARTS) is 1. The largest absolute Gasteiger partial charge is 0.465 e. The maximum absolute atomic E-state index is 13.3. The van der Waals surface area contributed by atoms with Gasteiger partial charge in [0, 0.05) is 30.8 Å². The van der Waals surface area contributed by atoms with Gasteiger partial charge in [0.25, 0.3) is 0 Å². The minimum atomic E-state index is -4.54. The number of alkyl halides is 3. The van der Waals surface area contributed by atoms with Crippen molar-refractivity contribution in [2.24, 2.45) is 0 Å². The highest BCUT2D eigenvalue weighted by molar-refractivity contribution is 7.98. The van der Waals surface area contributed by atoms with E-state index in [4.69, 9.17) is 0 Å². The molecular formula is C21H20F3N5O3S. The van der Waals surface area contributed by atoms with Gasteiger partial charge in [-0.05, 0) is 37.3 Å². The van der Waals surface area contributed by atoms with Crippen LogP contribution in [0, 0.1) is 0 Å². The molecule has 1 amide bonds. The van der Waals surface area contributed by atoms with E-state index in [-0.39, 0.29) is 41.8 Å². The molecule has 4 rings (SSSR count). The Bertz CT molecular complexity index is 1180. The Morgan fingerprint density at radius 2 is 1.91 bits per heavy atom. The molecule has 1 fully saturated rings. The second-order valence-corrected chi connectivity index (χ2v) is 8.30. The van der Waals surface area contributed by atoms with Crippen molar-refractivity contribution < 1.29 is 28.3 Å². The van der Waals surface area contributed by atoms with E-state index in [2.05, 4.69) is 15.0 Å². The van der Waals surface area contributed by atoms with Gasteiger partial charge in [-0.3, -0.25) is 0 Å². The van der Waals surface area contributed by atoms with E-state index in [1.165, 1.54) is 35.0 Å². The maximum Gasteiger partial charge on any atom is 0.416 e. The first kappa shape index (κ1) is 22.9. The van der Waals surface area contributed by atoms with Gasteiger partial charge < -0.3 is 15.2 Å². The molecule has 0 unspecified atom stereocenters. The molecule has 1 aliphatic heterocycles. The number of amides is 1.